The number of alkyl halides is 3. The van der Waals surface area contributed by atoms with Gasteiger partial charge in [0.05, 0.1) is 18.8 Å². The van der Waals surface area contributed by atoms with E-state index >= 15 is 0 Å². The first-order valence-corrected chi connectivity index (χ1v) is 10.4. The molecule has 0 atom stereocenters. The fraction of sp³-hybridized carbons (Fsp3) is 0.478. The van der Waals surface area contributed by atoms with Crippen molar-refractivity contribution in [3.63, 3.8) is 0 Å². The van der Waals surface area contributed by atoms with Crippen molar-refractivity contribution < 1.29 is 27.8 Å². The third kappa shape index (κ3) is 7.12. The highest BCUT2D eigenvalue weighted by atomic mass is 19.4. The van der Waals surface area contributed by atoms with Crippen LogP contribution in [0.1, 0.15) is 29.5 Å². The van der Waals surface area contributed by atoms with Gasteiger partial charge in [-0.3, -0.25) is 0 Å². The van der Waals surface area contributed by atoms with Crippen molar-refractivity contribution in [3.05, 3.63) is 59.2 Å². The SMILES string of the molecule is COc1cc(CNCCN2CCC(O)CC2)ccc1OCc1cccc(C(F)(F)F)c1. The summed E-state index contributed by atoms with van der Waals surface area (Å²) < 4.78 is 49.7. The molecule has 31 heavy (non-hydrogen) atoms. The van der Waals surface area contributed by atoms with Gasteiger partial charge in [0.2, 0.25) is 0 Å². The number of methoxy groups -OCH3 is 1. The Kier molecular flexibility index (Phi) is 8.17. The lowest BCUT2D eigenvalue weighted by Crippen LogP contribution is -2.39. The summed E-state index contributed by atoms with van der Waals surface area (Å²) in [7, 11) is 1.54. The van der Waals surface area contributed by atoms with E-state index in [4.69, 9.17) is 9.47 Å². The number of nitrogens with zero attached hydrogens (tertiary/aromatic N) is 1. The van der Waals surface area contributed by atoms with E-state index in [1.807, 2.05) is 12.1 Å². The van der Waals surface area contributed by atoms with Gasteiger partial charge in [-0.25, -0.2) is 0 Å². The Hall–Kier alpha value is -2.29. The van der Waals surface area contributed by atoms with E-state index in [-0.39, 0.29) is 12.7 Å². The summed E-state index contributed by atoms with van der Waals surface area (Å²) in [6.07, 6.45) is -2.87. The molecule has 2 aromatic rings. The lowest BCUT2D eigenvalue weighted by Gasteiger charge is -2.29. The van der Waals surface area contributed by atoms with Crippen molar-refractivity contribution in [1.82, 2.24) is 10.2 Å². The highest BCUT2D eigenvalue weighted by Gasteiger charge is 2.30. The molecule has 1 heterocycles. The van der Waals surface area contributed by atoms with E-state index in [1.54, 1.807) is 12.1 Å². The van der Waals surface area contributed by atoms with Crippen LogP contribution in [-0.2, 0) is 19.3 Å². The highest BCUT2D eigenvalue weighted by molar-refractivity contribution is 5.43. The van der Waals surface area contributed by atoms with Crippen LogP contribution in [0.5, 0.6) is 11.5 Å². The molecule has 3 rings (SSSR count). The summed E-state index contributed by atoms with van der Waals surface area (Å²) >= 11 is 0. The number of nitrogens with one attached hydrogen (secondary N) is 1. The molecule has 0 bridgehead atoms. The van der Waals surface area contributed by atoms with Gasteiger partial charge in [-0.1, -0.05) is 18.2 Å². The molecule has 2 aromatic carbocycles. The van der Waals surface area contributed by atoms with Crippen molar-refractivity contribution in [2.45, 2.75) is 38.3 Å². The van der Waals surface area contributed by atoms with Gasteiger partial charge in [-0.15, -0.1) is 0 Å². The molecular weight excluding hydrogens is 409 g/mol. The monoisotopic (exact) mass is 438 g/mol. The minimum absolute atomic E-state index is 0.0163. The van der Waals surface area contributed by atoms with Crippen LogP contribution in [0.15, 0.2) is 42.5 Å². The van der Waals surface area contributed by atoms with E-state index in [9.17, 15) is 18.3 Å². The fourth-order valence-corrected chi connectivity index (χ4v) is 3.55. The molecule has 0 unspecified atom stereocenters. The maximum Gasteiger partial charge on any atom is 0.416 e. The number of ether oxygens (including phenoxy) is 2. The Bertz CT molecular complexity index is 837. The Morgan fingerprint density at radius 3 is 2.55 bits per heavy atom. The number of aliphatic hydroxyl groups excluding tert-OH is 1. The molecule has 0 aliphatic carbocycles. The van der Waals surface area contributed by atoms with E-state index < -0.39 is 11.7 Å². The Balaban J connectivity index is 1.49. The second-order valence-electron chi connectivity index (χ2n) is 7.72. The van der Waals surface area contributed by atoms with Crippen molar-refractivity contribution >= 4 is 0 Å². The number of aliphatic hydroxyl groups is 1. The van der Waals surface area contributed by atoms with Gasteiger partial charge in [-0.05, 0) is 48.2 Å². The average molecular weight is 438 g/mol. The number of rotatable bonds is 9. The van der Waals surface area contributed by atoms with Crippen LogP contribution in [0.3, 0.4) is 0 Å². The summed E-state index contributed by atoms with van der Waals surface area (Å²) in [6, 6.07) is 10.7. The second-order valence-corrected chi connectivity index (χ2v) is 7.72. The first kappa shape index (κ1) is 23.4. The number of likely N-dealkylation sites (tertiary alicyclic amines) is 1. The predicted molar refractivity (Wildman–Crippen MR) is 112 cm³/mol. The van der Waals surface area contributed by atoms with E-state index in [0.717, 1.165) is 56.7 Å². The normalized spacial score (nSPS) is 15.8. The van der Waals surface area contributed by atoms with Crippen LogP contribution in [0.25, 0.3) is 0 Å². The standard InChI is InChI=1S/C23H29F3N2O3/c1-30-22-14-17(15-27-9-12-28-10-7-20(29)8-11-28)5-6-21(22)31-16-18-3-2-4-19(13-18)23(24,25)26/h2-6,13-14,20,27,29H,7-12,15-16H2,1H3. The van der Waals surface area contributed by atoms with Crippen molar-refractivity contribution in [2.24, 2.45) is 0 Å². The first-order valence-electron chi connectivity index (χ1n) is 10.4. The second kappa shape index (κ2) is 10.8. The summed E-state index contributed by atoms with van der Waals surface area (Å²) in [4.78, 5) is 2.34. The van der Waals surface area contributed by atoms with Gasteiger partial charge in [-0.2, -0.15) is 13.2 Å². The first-order chi connectivity index (χ1) is 14.8. The molecule has 0 radical (unpaired) electrons. The molecule has 0 spiro atoms. The van der Waals surface area contributed by atoms with Gasteiger partial charge in [0.25, 0.3) is 0 Å². The Labute approximate surface area is 180 Å². The minimum atomic E-state index is -4.38. The van der Waals surface area contributed by atoms with Crippen LogP contribution in [0.2, 0.25) is 0 Å². The van der Waals surface area contributed by atoms with Crippen LogP contribution in [0.4, 0.5) is 13.2 Å². The van der Waals surface area contributed by atoms with E-state index in [1.165, 1.54) is 13.2 Å². The molecule has 1 saturated heterocycles. The summed E-state index contributed by atoms with van der Waals surface area (Å²) in [5.41, 5.74) is 0.771. The van der Waals surface area contributed by atoms with Gasteiger partial charge < -0.3 is 24.8 Å². The quantitative estimate of drug-likeness (QED) is 0.583. The van der Waals surface area contributed by atoms with Crippen LogP contribution < -0.4 is 14.8 Å². The van der Waals surface area contributed by atoms with E-state index in [2.05, 4.69) is 10.2 Å². The van der Waals surface area contributed by atoms with Crippen molar-refractivity contribution in [2.75, 3.05) is 33.3 Å². The third-order valence-electron chi connectivity index (χ3n) is 5.37. The number of halogens is 3. The smallest absolute Gasteiger partial charge is 0.416 e. The van der Waals surface area contributed by atoms with Gasteiger partial charge in [0.1, 0.15) is 6.61 Å². The lowest BCUT2D eigenvalue weighted by molar-refractivity contribution is -0.137. The molecular formula is C23H29F3N2O3. The molecule has 1 fully saturated rings. The number of hydrogen-bond donors (Lipinski definition) is 2. The molecule has 0 saturated carbocycles. The molecule has 1 aliphatic heterocycles. The number of hydrogen-bond acceptors (Lipinski definition) is 5. The van der Waals surface area contributed by atoms with Gasteiger partial charge in [0, 0.05) is 32.7 Å². The molecule has 5 nitrogen and oxygen atoms in total. The Morgan fingerprint density at radius 2 is 1.84 bits per heavy atom. The lowest BCUT2D eigenvalue weighted by atomic mass is 10.1. The maximum atomic E-state index is 12.9. The number of piperidine rings is 1. The third-order valence-corrected chi connectivity index (χ3v) is 5.37. The highest BCUT2D eigenvalue weighted by Crippen LogP contribution is 2.31. The topological polar surface area (TPSA) is 54.0 Å². The molecule has 170 valence electrons. The van der Waals surface area contributed by atoms with Crippen LogP contribution in [-0.4, -0.2) is 49.4 Å². The largest absolute Gasteiger partial charge is 0.493 e. The molecule has 0 amide bonds. The Morgan fingerprint density at radius 1 is 1.06 bits per heavy atom. The van der Waals surface area contributed by atoms with Crippen molar-refractivity contribution in [3.8, 4) is 11.5 Å². The molecule has 1 aliphatic rings. The summed E-state index contributed by atoms with van der Waals surface area (Å²) in [5, 5.41) is 13.0. The van der Waals surface area contributed by atoms with Gasteiger partial charge >= 0.3 is 6.18 Å². The van der Waals surface area contributed by atoms with E-state index in [0.29, 0.717) is 23.6 Å². The molecule has 8 heteroatoms. The zero-order valence-electron chi connectivity index (χ0n) is 17.6. The maximum absolute atomic E-state index is 12.9. The zero-order valence-corrected chi connectivity index (χ0v) is 17.6. The fourth-order valence-electron chi connectivity index (χ4n) is 3.55. The predicted octanol–water partition coefficient (Wildman–Crippen LogP) is 3.84. The van der Waals surface area contributed by atoms with Crippen LogP contribution >= 0.6 is 0 Å². The summed E-state index contributed by atoms with van der Waals surface area (Å²) in [5.74, 6) is 1.02. The molecule has 0 aromatic heterocycles. The van der Waals surface area contributed by atoms with Crippen molar-refractivity contribution in [1.29, 1.82) is 0 Å². The van der Waals surface area contributed by atoms with Gasteiger partial charge in [0.15, 0.2) is 11.5 Å². The average Bonchev–Trinajstić information content (AvgIpc) is 2.76. The zero-order chi connectivity index (χ0) is 22.3. The van der Waals surface area contributed by atoms with Crippen LogP contribution in [0, 0.1) is 0 Å². The minimum Gasteiger partial charge on any atom is -0.493 e. The molecule has 2 N–H and O–H groups in total. The summed E-state index contributed by atoms with van der Waals surface area (Å²) in [6.45, 7) is 4.31. The number of benzene rings is 2.